The molecule has 1 N–H and O–H groups in total. The largest absolute Gasteiger partial charge is 0.308 e. The van der Waals surface area contributed by atoms with Crippen LogP contribution in [0.25, 0.3) is 0 Å². The van der Waals surface area contributed by atoms with Gasteiger partial charge in [-0.1, -0.05) is 22.9 Å². The van der Waals surface area contributed by atoms with E-state index in [4.69, 9.17) is 0 Å². The van der Waals surface area contributed by atoms with Crippen molar-refractivity contribution in [1.29, 1.82) is 0 Å². The lowest BCUT2D eigenvalue weighted by atomic mass is 10.8. The molecule has 0 rings (SSSR count). The van der Waals surface area contributed by atoms with Crippen LogP contribution in [0.2, 0.25) is 0 Å². The Kier molecular flexibility index (Phi) is 4.83. The predicted octanol–water partition coefficient (Wildman–Crippen LogP) is 0.948. The van der Waals surface area contributed by atoms with Crippen LogP contribution < -0.4 is 5.32 Å². The van der Waals surface area contributed by atoms with Gasteiger partial charge in [0.05, 0.1) is 5.45 Å². The molecule has 5 heavy (non-hydrogen) atoms. The third kappa shape index (κ3) is 4.44. The molecule has 0 aliphatic heterocycles. The second-order valence-corrected chi connectivity index (χ2v) is 1.30. The summed E-state index contributed by atoms with van der Waals surface area (Å²) >= 11 is 3.20. The SMILES string of the molecule is CCNCBr. The van der Waals surface area contributed by atoms with Gasteiger partial charge in [0.1, 0.15) is 0 Å². The van der Waals surface area contributed by atoms with E-state index in [2.05, 4.69) is 28.2 Å². The molecule has 0 aromatic rings. The molecular formula is C3H8BrN. The summed E-state index contributed by atoms with van der Waals surface area (Å²) < 4.78 is 0. The smallest absolute Gasteiger partial charge is 0.0517 e. The average molecular weight is 138 g/mol. The Balaban J connectivity index is 2.19. The molecule has 0 fully saturated rings. The molecule has 0 saturated heterocycles. The maximum atomic E-state index is 3.20. The van der Waals surface area contributed by atoms with Gasteiger partial charge in [-0.25, -0.2) is 0 Å². The summed E-state index contributed by atoms with van der Waals surface area (Å²) in [6.45, 7) is 3.12. The van der Waals surface area contributed by atoms with Crippen molar-refractivity contribution < 1.29 is 0 Å². The predicted molar refractivity (Wildman–Crippen MR) is 27.5 cm³/mol. The highest BCUT2D eigenvalue weighted by atomic mass is 79.9. The van der Waals surface area contributed by atoms with Crippen LogP contribution in [0.4, 0.5) is 0 Å². The Bertz CT molecular complexity index is 14.4. The number of hydrogen-bond donors (Lipinski definition) is 1. The van der Waals surface area contributed by atoms with Gasteiger partial charge in [0, 0.05) is 0 Å². The van der Waals surface area contributed by atoms with E-state index in [0.29, 0.717) is 0 Å². The van der Waals surface area contributed by atoms with Crippen LogP contribution in [0.5, 0.6) is 0 Å². The Morgan fingerprint density at radius 1 is 1.80 bits per heavy atom. The zero-order valence-corrected chi connectivity index (χ0v) is 4.88. The minimum absolute atomic E-state index is 0.906. The Morgan fingerprint density at radius 2 is 2.40 bits per heavy atom. The monoisotopic (exact) mass is 137 g/mol. The van der Waals surface area contributed by atoms with Crippen molar-refractivity contribution in [1.82, 2.24) is 5.32 Å². The molecule has 0 aliphatic rings. The van der Waals surface area contributed by atoms with Crippen LogP contribution in [-0.4, -0.2) is 12.0 Å². The van der Waals surface area contributed by atoms with Gasteiger partial charge >= 0.3 is 0 Å². The van der Waals surface area contributed by atoms with Gasteiger partial charge in [0.15, 0.2) is 0 Å². The summed E-state index contributed by atoms with van der Waals surface area (Å²) in [6.07, 6.45) is 0. The topological polar surface area (TPSA) is 12.0 Å². The van der Waals surface area contributed by atoms with Crippen molar-refractivity contribution in [3.8, 4) is 0 Å². The highest BCUT2D eigenvalue weighted by Crippen LogP contribution is 1.67. The zero-order valence-electron chi connectivity index (χ0n) is 3.29. The van der Waals surface area contributed by atoms with Crippen LogP contribution in [-0.2, 0) is 0 Å². The molecule has 32 valence electrons. The van der Waals surface area contributed by atoms with Crippen LogP contribution in [0.3, 0.4) is 0 Å². The van der Waals surface area contributed by atoms with E-state index in [1.54, 1.807) is 0 Å². The molecule has 2 heteroatoms. The molecule has 0 aromatic heterocycles. The summed E-state index contributed by atoms with van der Waals surface area (Å²) in [5, 5.41) is 3.03. The first-order chi connectivity index (χ1) is 2.41. The molecule has 0 saturated carbocycles. The normalized spacial score (nSPS) is 8.40. The Morgan fingerprint density at radius 3 is 2.40 bits per heavy atom. The minimum Gasteiger partial charge on any atom is -0.308 e. The lowest BCUT2D eigenvalue weighted by molar-refractivity contribution is 0.846. The van der Waals surface area contributed by atoms with Gasteiger partial charge < -0.3 is 5.32 Å². The molecule has 1 nitrogen and oxygen atoms in total. The number of alkyl halides is 1. The van der Waals surface area contributed by atoms with Crippen LogP contribution in [0, 0.1) is 0 Å². The first-order valence-corrected chi connectivity index (χ1v) is 2.80. The van der Waals surface area contributed by atoms with E-state index in [-0.39, 0.29) is 0 Å². The third-order valence-electron chi connectivity index (χ3n) is 0.344. The van der Waals surface area contributed by atoms with Crippen LogP contribution >= 0.6 is 15.9 Å². The number of nitrogens with one attached hydrogen (secondary N) is 1. The van der Waals surface area contributed by atoms with E-state index < -0.39 is 0 Å². The third-order valence-corrected chi connectivity index (χ3v) is 0.741. The van der Waals surface area contributed by atoms with Gasteiger partial charge in [-0.3, -0.25) is 0 Å². The van der Waals surface area contributed by atoms with E-state index in [1.807, 2.05) is 0 Å². The van der Waals surface area contributed by atoms with Crippen LogP contribution in [0.15, 0.2) is 0 Å². The molecule has 0 amide bonds. The lowest BCUT2D eigenvalue weighted by Gasteiger charge is -1.84. The number of halogens is 1. The second-order valence-electron chi connectivity index (χ2n) is 0.737. The van der Waals surface area contributed by atoms with Crippen molar-refractivity contribution >= 4 is 15.9 Å². The molecule has 0 radical (unpaired) electrons. The minimum atomic E-state index is 0.906. The van der Waals surface area contributed by atoms with Gasteiger partial charge in [-0.15, -0.1) is 0 Å². The van der Waals surface area contributed by atoms with Gasteiger partial charge in [-0.05, 0) is 6.54 Å². The van der Waals surface area contributed by atoms with Crippen molar-refractivity contribution in [3.05, 3.63) is 0 Å². The number of hydrogen-bond acceptors (Lipinski definition) is 1. The summed E-state index contributed by atoms with van der Waals surface area (Å²) in [5.41, 5.74) is 0.906. The van der Waals surface area contributed by atoms with E-state index in [1.165, 1.54) is 0 Å². The van der Waals surface area contributed by atoms with E-state index in [9.17, 15) is 0 Å². The molecule has 0 heterocycles. The van der Waals surface area contributed by atoms with Crippen molar-refractivity contribution in [2.75, 3.05) is 12.0 Å². The summed E-state index contributed by atoms with van der Waals surface area (Å²) in [4.78, 5) is 0. The quantitative estimate of drug-likeness (QED) is 0.442. The van der Waals surface area contributed by atoms with Crippen molar-refractivity contribution in [2.45, 2.75) is 6.92 Å². The average Bonchev–Trinajstić information content (AvgIpc) is 1.41. The van der Waals surface area contributed by atoms with E-state index in [0.717, 1.165) is 12.0 Å². The van der Waals surface area contributed by atoms with Crippen LogP contribution in [0.1, 0.15) is 6.92 Å². The first-order valence-electron chi connectivity index (χ1n) is 1.68. The van der Waals surface area contributed by atoms with Gasteiger partial charge in [-0.2, -0.15) is 0 Å². The summed E-state index contributed by atoms with van der Waals surface area (Å²) in [6, 6.07) is 0. The molecule has 0 spiro atoms. The molecule has 0 aromatic carbocycles. The van der Waals surface area contributed by atoms with E-state index >= 15 is 0 Å². The molecular weight excluding hydrogens is 130 g/mol. The second kappa shape index (κ2) is 4.44. The molecule has 0 atom stereocenters. The fraction of sp³-hybridized carbons (Fsp3) is 1.00. The highest BCUT2D eigenvalue weighted by Gasteiger charge is 1.64. The van der Waals surface area contributed by atoms with Crippen molar-refractivity contribution in [2.24, 2.45) is 0 Å². The zero-order chi connectivity index (χ0) is 4.12. The van der Waals surface area contributed by atoms with Crippen molar-refractivity contribution in [3.63, 3.8) is 0 Å². The maximum Gasteiger partial charge on any atom is 0.0517 e. The molecule has 0 aliphatic carbocycles. The summed E-state index contributed by atoms with van der Waals surface area (Å²) in [7, 11) is 0. The maximum absolute atomic E-state index is 3.20. The molecule has 0 bridgehead atoms. The number of rotatable bonds is 2. The molecule has 0 unspecified atom stereocenters. The Hall–Kier alpha value is 0.440. The standard InChI is InChI=1S/C3H8BrN/c1-2-5-3-4/h5H,2-3H2,1H3. The summed E-state index contributed by atoms with van der Waals surface area (Å²) in [5.74, 6) is 0. The van der Waals surface area contributed by atoms with Gasteiger partial charge in [0.25, 0.3) is 0 Å². The fourth-order valence-corrected chi connectivity index (χ4v) is 0.491. The lowest BCUT2D eigenvalue weighted by Crippen LogP contribution is -2.07. The first kappa shape index (κ1) is 5.44. The fourth-order valence-electron chi connectivity index (χ4n) is 0.0945. The van der Waals surface area contributed by atoms with Gasteiger partial charge in [0.2, 0.25) is 0 Å². The highest BCUT2D eigenvalue weighted by molar-refractivity contribution is 9.09. The Labute approximate surface area is 40.9 Å².